The minimum Gasteiger partial charge on any atom is -0.382 e. The van der Waals surface area contributed by atoms with Crippen LogP contribution in [-0.4, -0.2) is 39.5 Å². The lowest BCUT2D eigenvalue weighted by molar-refractivity contribution is 0.0605. The van der Waals surface area contributed by atoms with Crippen LogP contribution in [0, 0.1) is 17.2 Å². The Hall–Kier alpha value is -0.630. The highest BCUT2D eigenvalue weighted by molar-refractivity contribution is 5.13. The monoisotopic (exact) mass is 226 g/mol. The van der Waals surface area contributed by atoms with E-state index in [1.54, 1.807) is 7.11 Å². The third-order valence-corrected chi connectivity index (χ3v) is 3.51. The summed E-state index contributed by atoms with van der Waals surface area (Å²) in [4.78, 5) is 0. The van der Waals surface area contributed by atoms with E-state index in [0.29, 0.717) is 19.1 Å². The summed E-state index contributed by atoms with van der Waals surface area (Å²) in [5.41, 5.74) is -0.315. The third kappa shape index (κ3) is 3.18. The van der Waals surface area contributed by atoms with Crippen LogP contribution in [0.15, 0.2) is 0 Å². The molecule has 1 saturated carbocycles. The molecule has 0 aromatic heterocycles. The molecule has 0 radical (unpaired) electrons. The van der Waals surface area contributed by atoms with Gasteiger partial charge in [0.15, 0.2) is 0 Å². The van der Waals surface area contributed by atoms with E-state index in [4.69, 9.17) is 9.47 Å². The fourth-order valence-electron chi connectivity index (χ4n) is 2.47. The van der Waals surface area contributed by atoms with Crippen LogP contribution in [0.2, 0.25) is 0 Å². The first-order chi connectivity index (χ1) is 7.79. The molecule has 1 N–H and O–H groups in total. The number of hydrogen-bond donors (Lipinski definition) is 1. The Kier molecular flexibility index (Phi) is 5.75. The van der Waals surface area contributed by atoms with E-state index >= 15 is 0 Å². The molecule has 1 fully saturated rings. The first-order valence-corrected chi connectivity index (χ1v) is 5.96. The van der Waals surface area contributed by atoms with E-state index in [9.17, 15) is 5.26 Å². The second kappa shape index (κ2) is 6.85. The van der Waals surface area contributed by atoms with Crippen molar-refractivity contribution in [1.82, 2.24) is 5.32 Å². The molecule has 4 nitrogen and oxygen atoms in total. The first kappa shape index (κ1) is 13.4. The third-order valence-electron chi connectivity index (χ3n) is 3.51. The van der Waals surface area contributed by atoms with E-state index in [1.165, 1.54) is 0 Å². The Morgan fingerprint density at radius 2 is 2.25 bits per heavy atom. The molecule has 1 aliphatic rings. The number of nitriles is 1. The SMILES string of the molecule is CNC1(C#N)CCCC1CCOCCOC. The molecule has 0 saturated heterocycles. The van der Waals surface area contributed by atoms with Crippen molar-refractivity contribution >= 4 is 0 Å². The van der Waals surface area contributed by atoms with Crippen LogP contribution in [-0.2, 0) is 9.47 Å². The van der Waals surface area contributed by atoms with Crippen LogP contribution in [0.3, 0.4) is 0 Å². The lowest BCUT2D eigenvalue weighted by Crippen LogP contribution is -2.45. The molecular formula is C12H22N2O2. The Morgan fingerprint density at radius 3 is 2.88 bits per heavy atom. The van der Waals surface area contributed by atoms with Gasteiger partial charge in [0.1, 0.15) is 5.54 Å². The molecule has 1 aliphatic carbocycles. The van der Waals surface area contributed by atoms with Gasteiger partial charge >= 0.3 is 0 Å². The summed E-state index contributed by atoms with van der Waals surface area (Å²) in [5, 5.41) is 12.4. The van der Waals surface area contributed by atoms with E-state index in [2.05, 4.69) is 11.4 Å². The molecule has 0 bridgehead atoms. The van der Waals surface area contributed by atoms with Gasteiger partial charge in [-0.15, -0.1) is 0 Å². The Labute approximate surface area is 97.9 Å². The van der Waals surface area contributed by atoms with Gasteiger partial charge in [0, 0.05) is 13.7 Å². The highest BCUT2D eigenvalue weighted by Gasteiger charge is 2.41. The summed E-state index contributed by atoms with van der Waals surface area (Å²) in [5.74, 6) is 0.421. The van der Waals surface area contributed by atoms with Crippen LogP contribution in [0.1, 0.15) is 25.7 Å². The van der Waals surface area contributed by atoms with E-state index < -0.39 is 0 Å². The van der Waals surface area contributed by atoms with Gasteiger partial charge in [0.2, 0.25) is 0 Å². The first-order valence-electron chi connectivity index (χ1n) is 5.96. The lowest BCUT2D eigenvalue weighted by atomic mass is 9.86. The molecule has 2 atom stereocenters. The van der Waals surface area contributed by atoms with Crippen LogP contribution < -0.4 is 5.32 Å². The van der Waals surface area contributed by atoms with Gasteiger partial charge in [-0.25, -0.2) is 0 Å². The molecule has 92 valence electrons. The summed E-state index contributed by atoms with van der Waals surface area (Å²) < 4.78 is 10.4. The topological polar surface area (TPSA) is 54.3 Å². The van der Waals surface area contributed by atoms with Crippen molar-refractivity contribution < 1.29 is 9.47 Å². The second-order valence-corrected chi connectivity index (χ2v) is 4.32. The largest absolute Gasteiger partial charge is 0.382 e. The van der Waals surface area contributed by atoms with E-state index in [1.807, 2.05) is 7.05 Å². The minimum atomic E-state index is -0.315. The molecule has 1 rings (SSSR count). The number of nitrogens with one attached hydrogen (secondary N) is 1. The van der Waals surface area contributed by atoms with Crippen molar-refractivity contribution in [1.29, 1.82) is 5.26 Å². The van der Waals surface area contributed by atoms with Gasteiger partial charge in [0.25, 0.3) is 0 Å². The zero-order valence-corrected chi connectivity index (χ0v) is 10.3. The van der Waals surface area contributed by atoms with Gasteiger partial charge in [0.05, 0.1) is 19.3 Å². The maximum absolute atomic E-state index is 9.25. The molecule has 4 heteroatoms. The van der Waals surface area contributed by atoms with Gasteiger partial charge in [-0.05, 0) is 32.2 Å². The Bertz CT molecular complexity index is 240. The van der Waals surface area contributed by atoms with Gasteiger partial charge in [-0.2, -0.15) is 5.26 Å². The van der Waals surface area contributed by atoms with E-state index in [-0.39, 0.29) is 5.54 Å². The second-order valence-electron chi connectivity index (χ2n) is 4.32. The number of hydrogen-bond acceptors (Lipinski definition) is 4. The molecule has 0 heterocycles. The average Bonchev–Trinajstić information content (AvgIpc) is 2.72. The maximum atomic E-state index is 9.25. The average molecular weight is 226 g/mol. The summed E-state index contributed by atoms with van der Waals surface area (Å²) in [6, 6.07) is 2.44. The van der Waals surface area contributed by atoms with Crippen molar-refractivity contribution in [2.24, 2.45) is 5.92 Å². The molecule has 16 heavy (non-hydrogen) atoms. The van der Waals surface area contributed by atoms with Gasteiger partial charge < -0.3 is 14.8 Å². The molecule has 2 unspecified atom stereocenters. The maximum Gasteiger partial charge on any atom is 0.109 e. The van der Waals surface area contributed by atoms with Crippen molar-refractivity contribution in [2.75, 3.05) is 34.0 Å². The van der Waals surface area contributed by atoms with Crippen LogP contribution in [0.4, 0.5) is 0 Å². The fraction of sp³-hybridized carbons (Fsp3) is 0.917. The predicted octanol–water partition coefficient (Wildman–Crippen LogP) is 1.32. The van der Waals surface area contributed by atoms with Gasteiger partial charge in [-0.1, -0.05) is 6.42 Å². The van der Waals surface area contributed by atoms with Gasteiger partial charge in [-0.3, -0.25) is 0 Å². The summed E-state index contributed by atoms with van der Waals surface area (Å²) in [6.07, 6.45) is 4.18. The molecule has 0 spiro atoms. The van der Waals surface area contributed by atoms with Crippen LogP contribution in [0.5, 0.6) is 0 Å². The van der Waals surface area contributed by atoms with Crippen LogP contribution >= 0.6 is 0 Å². The molecular weight excluding hydrogens is 204 g/mol. The smallest absolute Gasteiger partial charge is 0.109 e. The lowest BCUT2D eigenvalue weighted by Gasteiger charge is -2.28. The minimum absolute atomic E-state index is 0.315. The molecule has 0 aromatic rings. The highest BCUT2D eigenvalue weighted by atomic mass is 16.5. The summed E-state index contributed by atoms with van der Waals surface area (Å²) in [7, 11) is 3.55. The highest BCUT2D eigenvalue weighted by Crippen LogP contribution is 2.37. The number of methoxy groups -OCH3 is 1. The Balaban J connectivity index is 2.28. The summed E-state index contributed by atoms with van der Waals surface area (Å²) >= 11 is 0. The van der Waals surface area contributed by atoms with Crippen molar-refractivity contribution in [3.8, 4) is 6.07 Å². The van der Waals surface area contributed by atoms with Crippen molar-refractivity contribution in [3.05, 3.63) is 0 Å². The normalized spacial score (nSPS) is 29.2. The fourth-order valence-corrected chi connectivity index (χ4v) is 2.47. The number of rotatable bonds is 7. The number of nitrogens with zero attached hydrogens (tertiary/aromatic N) is 1. The van der Waals surface area contributed by atoms with Crippen molar-refractivity contribution in [2.45, 2.75) is 31.2 Å². The molecule has 0 aromatic carbocycles. The van der Waals surface area contributed by atoms with Crippen LogP contribution in [0.25, 0.3) is 0 Å². The van der Waals surface area contributed by atoms with Crippen molar-refractivity contribution in [3.63, 3.8) is 0 Å². The standard InChI is InChI=1S/C12H22N2O2/c1-14-12(10-13)6-3-4-11(12)5-7-16-9-8-15-2/h11,14H,3-9H2,1-2H3. The number of ether oxygens (including phenoxy) is 2. The zero-order chi connectivity index (χ0) is 11.9. The predicted molar refractivity (Wildman–Crippen MR) is 62.1 cm³/mol. The zero-order valence-electron chi connectivity index (χ0n) is 10.3. The Morgan fingerprint density at radius 1 is 1.44 bits per heavy atom. The molecule has 0 aliphatic heterocycles. The quantitative estimate of drug-likeness (QED) is 0.665. The van der Waals surface area contributed by atoms with E-state index in [0.717, 1.165) is 32.3 Å². The molecule has 0 amide bonds. The summed E-state index contributed by atoms with van der Waals surface area (Å²) in [6.45, 7) is 2.00.